The van der Waals surface area contributed by atoms with Crippen LogP contribution in [-0.2, 0) is 0 Å². The largest absolute Gasteiger partial charge is 0.469 e. The van der Waals surface area contributed by atoms with E-state index in [4.69, 9.17) is 4.74 Å². The Hall–Kier alpha value is -0.820. The molecule has 0 saturated heterocycles. The number of ether oxygens (including phenoxy) is 1. The highest BCUT2D eigenvalue weighted by Gasteiger charge is 2.22. The molecule has 1 aliphatic rings. The maximum Gasteiger partial charge on any atom is 0.293 e. The third-order valence-electron chi connectivity index (χ3n) is 2.07. The number of rotatable bonds is 4. The van der Waals surface area contributed by atoms with Crippen LogP contribution >= 0.6 is 23.3 Å². The summed E-state index contributed by atoms with van der Waals surface area (Å²) in [6, 6.07) is 0. The normalized spacial score (nSPS) is 14.9. The van der Waals surface area contributed by atoms with Crippen molar-refractivity contribution in [1.82, 2.24) is 14.3 Å². The van der Waals surface area contributed by atoms with Crippen molar-refractivity contribution in [1.29, 1.82) is 0 Å². The average molecular weight is 259 g/mol. The molecule has 1 aliphatic carbocycles. The van der Waals surface area contributed by atoms with Crippen molar-refractivity contribution in [2.45, 2.75) is 18.0 Å². The molecule has 16 heavy (non-hydrogen) atoms. The van der Waals surface area contributed by atoms with Crippen LogP contribution in [0, 0.1) is 5.92 Å². The van der Waals surface area contributed by atoms with Crippen LogP contribution < -0.4 is 4.74 Å². The summed E-state index contributed by atoms with van der Waals surface area (Å²) in [4.78, 5) is 17.0. The molecular formula is C9H13N3O2S2. The van der Waals surface area contributed by atoms with E-state index in [9.17, 15) is 4.79 Å². The molecule has 1 aromatic rings. The zero-order valence-electron chi connectivity index (χ0n) is 9.17. The van der Waals surface area contributed by atoms with Gasteiger partial charge >= 0.3 is 0 Å². The Morgan fingerprint density at radius 3 is 3.00 bits per heavy atom. The second kappa shape index (κ2) is 5.01. The summed E-state index contributed by atoms with van der Waals surface area (Å²) in [5, 5.41) is 0.946. The van der Waals surface area contributed by atoms with Crippen LogP contribution in [0.2, 0.25) is 0 Å². The molecule has 0 atom stereocenters. The van der Waals surface area contributed by atoms with Gasteiger partial charge in [-0.2, -0.15) is 9.36 Å². The lowest BCUT2D eigenvalue weighted by molar-refractivity contribution is 0.241. The molecule has 1 aromatic heterocycles. The Balaban J connectivity index is 1.83. The monoisotopic (exact) mass is 259 g/mol. The van der Waals surface area contributed by atoms with Gasteiger partial charge in [-0.1, -0.05) is 0 Å². The van der Waals surface area contributed by atoms with Crippen LogP contribution in [0.25, 0.3) is 0 Å². The van der Waals surface area contributed by atoms with Gasteiger partial charge in [-0.15, -0.1) is 0 Å². The molecule has 5 nitrogen and oxygen atoms in total. The predicted molar refractivity (Wildman–Crippen MR) is 63.1 cm³/mol. The highest BCUT2D eigenvalue weighted by molar-refractivity contribution is 8.13. The number of nitrogens with zero attached hydrogens (tertiary/aromatic N) is 3. The van der Waals surface area contributed by atoms with E-state index in [1.54, 1.807) is 14.1 Å². The average Bonchev–Trinajstić information content (AvgIpc) is 2.97. The Morgan fingerprint density at radius 2 is 2.38 bits per heavy atom. The smallest absolute Gasteiger partial charge is 0.293 e. The third-order valence-corrected chi connectivity index (χ3v) is 3.72. The first-order chi connectivity index (χ1) is 7.65. The van der Waals surface area contributed by atoms with E-state index >= 15 is 0 Å². The van der Waals surface area contributed by atoms with Gasteiger partial charge in [0.25, 0.3) is 10.4 Å². The Kier molecular flexibility index (Phi) is 3.65. The molecule has 0 radical (unpaired) electrons. The second-order valence-electron chi connectivity index (χ2n) is 3.86. The van der Waals surface area contributed by atoms with E-state index in [0.29, 0.717) is 16.3 Å². The van der Waals surface area contributed by atoms with Crippen molar-refractivity contribution in [3.05, 3.63) is 0 Å². The van der Waals surface area contributed by atoms with Crippen LogP contribution in [0.1, 0.15) is 12.8 Å². The van der Waals surface area contributed by atoms with Crippen LogP contribution in [0.15, 0.2) is 5.16 Å². The van der Waals surface area contributed by atoms with Crippen molar-refractivity contribution in [3.63, 3.8) is 0 Å². The number of carbonyl (C=O) groups is 1. The number of aromatic nitrogens is 2. The SMILES string of the molecule is CN(C)C(=O)Sc1nsc(OCC2CC2)n1. The Bertz CT molecular complexity index is 377. The second-order valence-corrected chi connectivity index (χ2v) is 5.49. The van der Waals surface area contributed by atoms with Crippen LogP contribution in [-0.4, -0.2) is 40.2 Å². The standard InChI is InChI=1S/C9H13N3O2S2/c1-12(2)9(13)15-7-10-8(16-11-7)14-5-6-3-4-6/h6H,3-5H2,1-2H3. The molecule has 2 rings (SSSR count). The van der Waals surface area contributed by atoms with Crippen molar-refractivity contribution in [2.75, 3.05) is 20.7 Å². The van der Waals surface area contributed by atoms with Gasteiger partial charge in [0.05, 0.1) is 6.61 Å². The maximum absolute atomic E-state index is 11.4. The van der Waals surface area contributed by atoms with Gasteiger partial charge in [0.15, 0.2) is 0 Å². The molecule has 1 saturated carbocycles. The molecule has 0 spiro atoms. The van der Waals surface area contributed by atoms with Gasteiger partial charge in [0, 0.05) is 37.4 Å². The zero-order valence-corrected chi connectivity index (χ0v) is 10.8. The molecule has 7 heteroatoms. The minimum Gasteiger partial charge on any atom is -0.469 e. The van der Waals surface area contributed by atoms with Crippen molar-refractivity contribution in [2.24, 2.45) is 5.92 Å². The van der Waals surface area contributed by atoms with Crippen molar-refractivity contribution >= 4 is 28.5 Å². The number of hydrogen-bond acceptors (Lipinski definition) is 6. The van der Waals surface area contributed by atoms with Gasteiger partial charge in [-0.3, -0.25) is 4.79 Å². The number of hydrogen-bond donors (Lipinski definition) is 0. The maximum atomic E-state index is 11.4. The summed E-state index contributed by atoms with van der Waals surface area (Å²) < 4.78 is 9.52. The third kappa shape index (κ3) is 3.34. The van der Waals surface area contributed by atoms with E-state index in [1.807, 2.05) is 0 Å². The first-order valence-corrected chi connectivity index (χ1v) is 6.60. The highest BCUT2D eigenvalue weighted by Crippen LogP contribution is 2.30. The summed E-state index contributed by atoms with van der Waals surface area (Å²) in [6.07, 6.45) is 2.50. The molecule has 1 amide bonds. The first kappa shape index (κ1) is 11.7. The summed E-state index contributed by atoms with van der Waals surface area (Å²) >= 11 is 2.22. The molecule has 1 heterocycles. The minimum absolute atomic E-state index is 0.0773. The fourth-order valence-electron chi connectivity index (χ4n) is 0.940. The first-order valence-electron chi connectivity index (χ1n) is 5.01. The summed E-state index contributed by atoms with van der Waals surface area (Å²) in [7, 11) is 3.40. The molecule has 1 fully saturated rings. The van der Waals surface area contributed by atoms with Crippen LogP contribution in [0.4, 0.5) is 4.79 Å². The highest BCUT2D eigenvalue weighted by atomic mass is 32.2. The Morgan fingerprint density at radius 1 is 1.62 bits per heavy atom. The molecule has 88 valence electrons. The fourth-order valence-corrected chi connectivity index (χ4v) is 2.17. The van der Waals surface area contributed by atoms with Gasteiger partial charge in [-0.25, -0.2) is 0 Å². The van der Waals surface area contributed by atoms with E-state index in [1.165, 1.54) is 29.3 Å². The van der Waals surface area contributed by atoms with Crippen LogP contribution in [0.5, 0.6) is 5.19 Å². The quantitative estimate of drug-likeness (QED) is 0.775. The van der Waals surface area contributed by atoms with Gasteiger partial charge in [0.1, 0.15) is 0 Å². The number of carbonyl (C=O) groups excluding carboxylic acids is 1. The topological polar surface area (TPSA) is 55.3 Å². The van der Waals surface area contributed by atoms with Gasteiger partial charge in [-0.05, 0) is 18.8 Å². The van der Waals surface area contributed by atoms with Gasteiger partial charge < -0.3 is 9.64 Å². The lowest BCUT2D eigenvalue weighted by Gasteiger charge is -2.06. The molecular weight excluding hydrogens is 246 g/mol. The molecule has 0 aromatic carbocycles. The fraction of sp³-hybridized carbons (Fsp3) is 0.667. The van der Waals surface area contributed by atoms with Crippen LogP contribution in [0.3, 0.4) is 0 Å². The summed E-state index contributed by atoms with van der Waals surface area (Å²) in [5.41, 5.74) is 0. The Labute approximate surface area is 102 Å². The molecule has 0 N–H and O–H groups in total. The van der Waals surface area contributed by atoms with Gasteiger partial charge in [0.2, 0.25) is 5.16 Å². The lowest BCUT2D eigenvalue weighted by Crippen LogP contribution is -2.16. The van der Waals surface area contributed by atoms with E-state index in [2.05, 4.69) is 9.36 Å². The zero-order chi connectivity index (χ0) is 11.5. The molecule has 0 aliphatic heterocycles. The van der Waals surface area contributed by atoms with Crippen molar-refractivity contribution < 1.29 is 9.53 Å². The van der Waals surface area contributed by atoms with Crippen molar-refractivity contribution in [3.8, 4) is 5.19 Å². The van der Waals surface area contributed by atoms with E-state index in [-0.39, 0.29) is 5.24 Å². The molecule has 0 bridgehead atoms. The van der Waals surface area contributed by atoms with E-state index in [0.717, 1.165) is 18.4 Å². The minimum atomic E-state index is -0.0773. The summed E-state index contributed by atoms with van der Waals surface area (Å²) in [5.74, 6) is 0.698. The lowest BCUT2D eigenvalue weighted by atomic mass is 10.5. The molecule has 0 unspecified atom stereocenters. The van der Waals surface area contributed by atoms with E-state index < -0.39 is 0 Å². The number of thioether (sulfide) groups is 1. The number of amides is 1. The summed E-state index contributed by atoms with van der Waals surface area (Å²) in [6.45, 7) is 0.723. The predicted octanol–water partition coefficient (Wildman–Crippen LogP) is 2.10.